The molecule has 1 aliphatic rings. The summed E-state index contributed by atoms with van der Waals surface area (Å²) < 4.78 is 10.5. The molecule has 4 atom stereocenters. The van der Waals surface area contributed by atoms with Crippen molar-refractivity contribution in [3.05, 3.63) is 65.2 Å². The van der Waals surface area contributed by atoms with E-state index in [9.17, 15) is 24.3 Å². The quantitative estimate of drug-likeness (QED) is 0.320. The number of aryl methyl sites for hydroxylation is 1. The number of aromatic hydroxyl groups is 1. The van der Waals surface area contributed by atoms with Crippen molar-refractivity contribution in [2.24, 2.45) is 5.92 Å². The van der Waals surface area contributed by atoms with Crippen LogP contribution < -0.4 is 10.6 Å². The van der Waals surface area contributed by atoms with E-state index in [0.29, 0.717) is 17.5 Å². The molecule has 0 aromatic heterocycles. The van der Waals surface area contributed by atoms with Crippen molar-refractivity contribution in [1.82, 2.24) is 15.5 Å². The van der Waals surface area contributed by atoms with Crippen LogP contribution in [0.15, 0.2) is 48.5 Å². The summed E-state index contributed by atoms with van der Waals surface area (Å²) in [7, 11) is 0. The maximum Gasteiger partial charge on any atom is 0.408 e. The van der Waals surface area contributed by atoms with Gasteiger partial charge in [0.2, 0.25) is 11.8 Å². The molecule has 0 saturated heterocycles. The molecule has 3 rings (SSSR count). The van der Waals surface area contributed by atoms with Gasteiger partial charge in [-0.1, -0.05) is 43.3 Å². The summed E-state index contributed by atoms with van der Waals surface area (Å²) in [5.41, 5.74) is 1.39. The van der Waals surface area contributed by atoms with Crippen LogP contribution in [0, 0.1) is 12.8 Å². The average molecular weight is 582 g/mol. The highest BCUT2D eigenvalue weighted by atomic mass is 16.6. The van der Waals surface area contributed by atoms with Crippen LogP contribution in [0.4, 0.5) is 4.79 Å². The van der Waals surface area contributed by atoms with Gasteiger partial charge in [0.15, 0.2) is 0 Å². The second-order valence-corrected chi connectivity index (χ2v) is 11.7. The van der Waals surface area contributed by atoms with E-state index in [1.807, 2.05) is 38.1 Å². The van der Waals surface area contributed by atoms with Gasteiger partial charge in [-0.2, -0.15) is 0 Å². The molecule has 1 fully saturated rings. The van der Waals surface area contributed by atoms with Crippen molar-refractivity contribution in [3.8, 4) is 5.75 Å². The summed E-state index contributed by atoms with van der Waals surface area (Å²) >= 11 is 0. The number of ether oxygens (including phenoxy) is 2. The molecule has 3 N–H and O–H groups in total. The predicted molar refractivity (Wildman–Crippen MR) is 158 cm³/mol. The van der Waals surface area contributed by atoms with E-state index in [2.05, 4.69) is 10.6 Å². The first kappa shape index (κ1) is 32.4. The molecular weight excluding hydrogens is 538 g/mol. The minimum absolute atomic E-state index is 0.00245. The Morgan fingerprint density at radius 1 is 1.07 bits per heavy atom. The summed E-state index contributed by atoms with van der Waals surface area (Å²) in [6.07, 6.45) is 0.0517. The molecule has 0 heterocycles. The average Bonchev–Trinajstić information content (AvgIpc) is 3.62. The van der Waals surface area contributed by atoms with Crippen LogP contribution in [0.3, 0.4) is 0 Å². The summed E-state index contributed by atoms with van der Waals surface area (Å²) in [5, 5.41) is 15.3. The Hall–Kier alpha value is -4.08. The number of amides is 3. The fourth-order valence-electron chi connectivity index (χ4n) is 4.80. The lowest BCUT2D eigenvalue weighted by molar-refractivity contribution is -0.145. The number of nitrogens with one attached hydrogen (secondary N) is 2. The zero-order valence-electron chi connectivity index (χ0n) is 25.3. The molecule has 2 aromatic rings. The number of nitrogens with zero attached hydrogens (tertiary/aromatic N) is 1. The summed E-state index contributed by atoms with van der Waals surface area (Å²) in [5.74, 6) is -1.07. The van der Waals surface area contributed by atoms with Crippen molar-refractivity contribution < 1.29 is 33.8 Å². The molecule has 0 bridgehead atoms. The van der Waals surface area contributed by atoms with E-state index < -0.39 is 41.6 Å². The van der Waals surface area contributed by atoms with Crippen molar-refractivity contribution >= 4 is 23.9 Å². The Morgan fingerprint density at radius 3 is 2.29 bits per heavy atom. The summed E-state index contributed by atoms with van der Waals surface area (Å²) in [6.45, 7) is 11.1. The van der Waals surface area contributed by atoms with E-state index in [0.717, 1.165) is 5.56 Å². The Balaban J connectivity index is 2.00. The molecule has 2 aromatic carbocycles. The minimum Gasteiger partial charge on any atom is -0.508 e. The van der Waals surface area contributed by atoms with Crippen molar-refractivity contribution in [2.75, 3.05) is 13.2 Å². The molecule has 0 spiro atoms. The van der Waals surface area contributed by atoms with Gasteiger partial charge in [-0.25, -0.2) is 4.79 Å². The first-order valence-corrected chi connectivity index (χ1v) is 14.4. The lowest BCUT2D eigenvalue weighted by Crippen LogP contribution is -2.55. The van der Waals surface area contributed by atoms with Crippen LogP contribution in [0.5, 0.6) is 5.75 Å². The lowest BCUT2D eigenvalue weighted by Gasteiger charge is -2.35. The molecule has 10 nitrogen and oxygen atoms in total. The van der Waals surface area contributed by atoms with Crippen LogP contribution in [0.25, 0.3) is 0 Å². The number of rotatable bonds is 12. The molecule has 1 aliphatic carbocycles. The van der Waals surface area contributed by atoms with Gasteiger partial charge < -0.3 is 30.1 Å². The first-order chi connectivity index (χ1) is 19.8. The van der Waals surface area contributed by atoms with Crippen LogP contribution in [-0.2, 0) is 30.3 Å². The Morgan fingerprint density at radius 2 is 1.71 bits per heavy atom. The SMILES string of the molecule is CCOC(=O)CCNC(=O)C(c1ccccc1C)N(C(=O)C(Cc1ccc(O)cc1)NC(=O)OC(C)(C)C)C1CC1C. The molecule has 228 valence electrons. The van der Waals surface area contributed by atoms with E-state index in [1.54, 1.807) is 44.7 Å². The first-order valence-electron chi connectivity index (χ1n) is 14.4. The second-order valence-electron chi connectivity index (χ2n) is 11.7. The molecule has 0 aliphatic heterocycles. The predicted octanol–water partition coefficient (Wildman–Crippen LogP) is 4.18. The number of phenols is 1. The van der Waals surface area contributed by atoms with Gasteiger partial charge in [0.1, 0.15) is 23.4 Å². The molecule has 42 heavy (non-hydrogen) atoms. The van der Waals surface area contributed by atoms with E-state index in [4.69, 9.17) is 9.47 Å². The Labute approximate surface area is 247 Å². The molecule has 4 unspecified atom stereocenters. The minimum atomic E-state index is -1.06. The Kier molecular flexibility index (Phi) is 11.0. The standard InChI is InChI=1S/C32H43N3O7/c1-7-41-27(37)16-17-33-29(38)28(24-11-9-8-10-20(24)2)35(26-18-21(26)3)30(39)25(34-31(40)42-32(4,5)6)19-22-12-14-23(36)15-13-22/h8-15,21,25-26,28,36H,7,16-19H2,1-6H3,(H,33,38)(H,34,40). The number of hydrogen-bond donors (Lipinski definition) is 3. The highest BCUT2D eigenvalue weighted by Gasteiger charge is 2.48. The largest absolute Gasteiger partial charge is 0.508 e. The van der Waals surface area contributed by atoms with Gasteiger partial charge in [0.25, 0.3) is 0 Å². The topological polar surface area (TPSA) is 134 Å². The van der Waals surface area contributed by atoms with E-state index in [1.165, 1.54) is 12.1 Å². The number of esters is 1. The maximum atomic E-state index is 14.5. The number of carbonyl (C=O) groups excluding carboxylic acids is 4. The number of alkyl carbamates (subject to hydrolysis) is 1. The zero-order valence-corrected chi connectivity index (χ0v) is 25.3. The third kappa shape index (κ3) is 9.22. The van der Waals surface area contributed by atoms with E-state index >= 15 is 0 Å². The number of benzene rings is 2. The van der Waals surface area contributed by atoms with Gasteiger partial charge >= 0.3 is 12.1 Å². The van der Waals surface area contributed by atoms with Crippen LogP contribution in [0.2, 0.25) is 0 Å². The van der Waals surface area contributed by atoms with Crippen LogP contribution in [0.1, 0.15) is 70.2 Å². The van der Waals surface area contributed by atoms with Crippen molar-refractivity contribution in [1.29, 1.82) is 0 Å². The van der Waals surface area contributed by atoms with Gasteiger partial charge in [-0.3, -0.25) is 14.4 Å². The summed E-state index contributed by atoms with van der Waals surface area (Å²) in [4.78, 5) is 54.7. The highest BCUT2D eigenvalue weighted by molar-refractivity contribution is 5.93. The van der Waals surface area contributed by atoms with Gasteiger partial charge in [0, 0.05) is 19.0 Å². The fourth-order valence-corrected chi connectivity index (χ4v) is 4.80. The molecule has 3 amide bonds. The van der Waals surface area contributed by atoms with Gasteiger partial charge in [0.05, 0.1) is 13.0 Å². The van der Waals surface area contributed by atoms with E-state index in [-0.39, 0.29) is 43.7 Å². The number of carbonyl (C=O) groups is 4. The summed E-state index contributed by atoms with van der Waals surface area (Å²) in [6, 6.07) is 11.4. The highest BCUT2D eigenvalue weighted by Crippen LogP contribution is 2.41. The zero-order chi connectivity index (χ0) is 31.0. The van der Waals surface area contributed by atoms with Crippen molar-refractivity contribution in [2.45, 2.75) is 84.5 Å². The Bertz CT molecular complexity index is 1260. The second kappa shape index (κ2) is 14.2. The van der Waals surface area contributed by atoms with Crippen LogP contribution in [-0.4, -0.2) is 64.7 Å². The lowest BCUT2D eigenvalue weighted by atomic mass is 9.96. The monoisotopic (exact) mass is 581 g/mol. The normalized spacial score (nSPS) is 17.4. The number of hydrogen-bond acceptors (Lipinski definition) is 7. The van der Waals surface area contributed by atoms with Gasteiger partial charge in [-0.15, -0.1) is 0 Å². The molecule has 10 heteroatoms. The smallest absolute Gasteiger partial charge is 0.408 e. The fraction of sp³-hybridized carbons (Fsp3) is 0.500. The molecule has 0 radical (unpaired) electrons. The number of phenolic OH excluding ortho intramolecular Hbond substituents is 1. The third-order valence-electron chi connectivity index (χ3n) is 6.99. The van der Waals surface area contributed by atoms with Crippen molar-refractivity contribution in [3.63, 3.8) is 0 Å². The third-order valence-corrected chi connectivity index (χ3v) is 6.99. The molecular formula is C32H43N3O7. The van der Waals surface area contributed by atoms with Crippen LogP contribution >= 0.6 is 0 Å². The van der Waals surface area contributed by atoms with Gasteiger partial charge in [-0.05, 0) is 75.8 Å². The maximum absolute atomic E-state index is 14.5. The molecule has 1 saturated carbocycles.